The molecule has 1 aromatic carbocycles. The smallest absolute Gasteiger partial charge is 0.175 e. The van der Waals surface area contributed by atoms with Crippen molar-refractivity contribution in [1.29, 1.82) is 0 Å². The van der Waals surface area contributed by atoms with Crippen molar-refractivity contribution in [2.45, 2.75) is 26.2 Å². The van der Waals surface area contributed by atoms with Crippen LogP contribution in [0.15, 0.2) is 10.5 Å². The topological polar surface area (TPSA) is 35.5 Å². The minimum absolute atomic E-state index is 0.541. The Morgan fingerprint density at radius 2 is 2.06 bits per heavy atom. The van der Waals surface area contributed by atoms with Crippen molar-refractivity contribution < 1.29 is 14.3 Å². The lowest BCUT2D eigenvalue weighted by Crippen LogP contribution is -2.17. The van der Waals surface area contributed by atoms with E-state index < -0.39 is 0 Å². The summed E-state index contributed by atoms with van der Waals surface area (Å²) in [5.41, 5.74) is 2.32. The maximum absolute atomic E-state index is 10.5. The Bertz CT molecular complexity index is 429. The third-order valence-electron chi connectivity index (χ3n) is 2.85. The van der Waals surface area contributed by atoms with Crippen LogP contribution in [-0.4, -0.2) is 19.5 Å². The third kappa shape index (κ3) is 2.46. The van der Waals surface area contributed by atoms with Crippen molar-refractivity contribution in [3.8, 4) is 11.5 Å². The lowest BCUT2D eigenvalue weighted by Gasteiger charge is -2.24. The highest BCUT2D eigenvalue weighted by atomic mass is 79.9. The third-order valence-corrected chi connectivity index (χ3v) is 3.44. The Morgan fingerprint density at radius 3 is 2.71 bits per heavy atom. The van der Waals surface area contributed by atoms with Gasteiger partial charge in [-0.3, -0.25) is 0 Å². The van der Waals surface area contributed by atoms with E-state index in [9.17, 15) is 4.79 Å². The lowest BCUT2D eigenvalue weighted by atomic mass is 9.99. The number of hydrogen-bond acceptors (Lipinski definition) is 3. The molecule has 0 aromatic heterocycles. The normalized spacial score (nSPS) is 13.5. The number of ether oxygens (including phenoxy) is 2. The maximum atomic E-state index is 10.5. The highest BCUT2D eigenvalue weighted by molar-refractivity contribution is 9.10. The molecule has 17 heavy (non-hydrogen) atoms. The number of aryl methyl sites for hydroxylation is 1. The van der Waals surface area contributed by atoms with Crippen LogP contribution >= 0.6 is 15.9 Å². The molecule has 1 heterocycles. The number of aldehydes is 1. The molecule has 0 radical (unpaired) electrons. The molecule has 0 fully saturated rings. The van der Waals surface area contributed by atoms with Crippen LogP contribution in [-0.2, 0) is 17.6 Å². The fraction of sp³-hybridized carbons (Fsp3) is 0.462. The molecular formula is C13H15BrO3. The number of fused-ring (bicyclic) bond motifs is 1. The molecule has 0 bridgehead atoms. The second kappa shape index (κ2) is 5.54. The predicted octanol–water partition coefficient (Wildman–Crippen LogP) is 2.91. The SMILES string of the molecule is CCc1c(CCC=O)cc(Br)c2c1OCCO2. The van der Waals surface area contributed by atoms with Gasteiger partial charge in [-0.15, -0.1) is 0 Å². The first-order chi connectivity index (χ1) is 8.27. The largest absolute Gasteiger partial charge is 0.486 e. The van der Waals surface area contributed by atoms with E-state index in [1.165, 1.54) is 0 Å². The molecule has 92 valence electrons. The molecule has 0 amide bonds. The number of halogens is 1. The van der Waals surface area contributed by atoms with Gasteiger partial charge in [-0.1, -0.05) is 6.92 Å². The first-order valence-corrected chi connectivity index (χ1v) is 6.60. The van der Waals surface area contributed by atoms with Gasteiger partial charge in [0.2, 0.25) is 0 Å². The Morgan fingerprint density at radius 1 is 1.35 bits per heavy atom. The Labute approximate surface area is 109 Å². The van der Waals surface area contributed by atoms with Crippen molar-refractivity contribution in [3.05, 3.63) is 21.7 Å². The fourth-order valence-electron chi connectivity index (χ4n) is 2.10. The van der Waals surface area contributed by atoms with Crippen molar-refractivity contribution in [2.24, 2.45) is 0 Å². The average Bonchev–Trinajstić information content (AvgIpc) is 2.36. The molecule has 1 aliphatic heterocycles. The molecule has 0 saturated heterocycles. The first-order valence-electron chi connectivity index (χ1n) is 5.81. The van der Waals surface area contributed by atoms with Crippen molar-refractivity contribution in [2.75, 3.05) is 13.2 Å². The zero-order valence-corrected chi connectivity index (χ0v) is 11.4. The summed E-state index contributed by atoms with van der Waals surface area (Å²) in [6.45, 7) is 3.26. The molecule has 3 nitrogen and oxygen atoms in total. The molecule has 0 atom stereocenters. The number of carbonyl (C=O) groups is 1. The summed E-state index contributed by atoms with van der Waals surface area (Å²) in [5, 5.41) is 0. The Balaban J connectivity index is 2.45. The van der Waals surface area contributed by atoms with Crippen molar-refractivity contribution in [1.82, 2.24) is 0 Å². The van der Waals surface area contributed by atoms with Gasteiger partial charge in [0.1, 0.15) is 19.5 Å². The van der Waals surface area contributed by atoms with Gasteiger partial charge in [-0.25, -0.2) is 0 Å². The van der Waals surface area contributed by atoms with Crippen LogP contribution < -0.4 is 9.47 Å². The summed E-state index contributed by atoms with van der Waals surface area (Å²) >= 11 is 3.49. The Kier molecular flexibility index (Phi) is 4.05. The molecule has 1 aliphatic rings. The summed E-state index contributed by atoms with van der Waals surface area (Å²) in [6.07, 6.45) is 3.12. The Hall–Kier alpha value is -1.03. The second-order valence-electron chi connectivity index (χ2n) is 3.91. The molecule has 0 aliphatic carbocycles. The molecular weight excluding hydrogens is 284 g/mol. The molecule has 1 aromatic rings. The highest BCUT2D eigenvalue weighted by Gasteiger charge is 2.21. The van der Waals surface area contributed by atoms with Gasteiger partial charge in [0.15, 0.2) is 11.5 Å². The highest BCUT2D eigenvalue weighted by Crippen LogP contribution is 2.42. The molecule has 0 unspecified atom stereocenters. The van der Waals surface area contributed by atoms with Gasteiger partial charge in [0.25, 0.3) is 0 Å². The van der Waals surface area contributed by atoms with Crippen LogP contribution in [0, 0.1) is 0 Å². The van der Waals surface area contributed by atoms with E-state index in [-0.39, 0.29) is 0 Å². The van der Waals surface area contributed by atoms with Crippen LogP contribution in [0.1, 0.15) is 24.5 Å². The van der Waals surface area contributed by atoms with E-state index in [4.69, 9.17) is 9.47 Å². The van der Waals surface area contributed by atoms with Crippen LogP contribution in [0.5, 0.6) is 11.5 Å². The van der Waals surface area contributed by atoms with Crippen molar-refractivity contribution >= 4 is 22.2 Å². The average molecular weight is 299 g/mol. The van der Waals surface area contributed by atoms with Crippen LogP contribution in [0.3, 0.4) is 0 Å². The monoisotopic (exact) mass is 298 g/mol. The van der Waals surface area contributed by atoms with E-state index in [0.717, 1.165) is 46.2 Å². The molecule has 2 rings (SSSR count). The summed E-state index contributed by atoms with van der Waals surface area (Å²) in [6, 6.07) is 2.04. The predicted molar refractivity (Wildman–Crippen MR) is 68.9 cm³/mol. The van der Waals surface area contributed by atoms with Gasteiger partial charge >= 0.3 is 0 Å². The van der Waals surface area contributed by atoms with E-state index in [2.05, 4.69) is 22.9 Å². The van der Waals surface area contributed by atoms with E-state index in [0.29, 0.717) is 19.6 Å². The number of carbonyl (C=O) groups excluding carboxylic acids is 1. The van der Waals surface area contributed by atoms with Crippen molar-refractivity contribution in [3.63, 3.8) is 0 Å². The maximum Gasteiger partial charge on any atom is 0.175 e. The van der Waals surface area contributed by atoms with Crippen LogP contribution in [0.25, 0.3) is 0 Å². The summed E-state index contributed by atoms with van der Waals surface area (Å²) in [5.74, 6) is 1.64. The molecule has 0 spiro atoms. The minimum atomic E-state index is 0.541. The zero-order chi connectivity index (χ0) is 12.3. The fourth-order valence-corrected chi connectivity index (χ4v) is 2.67. The molecule has 0 N–H and O–H groups in total. The van der Waals surface area contributed by atoms with Gasteiger partial charge < -0.3 is 14.3 Å². The number of benzene rings is 1. The lowest BCUT2D eigenvalue weighted by molar-refractivity contribution is -0.107. The molecule has 0 saturated carbocycles. The summed E-state index contributed by atoms with van der Waals surface area (Å²) in [7, 11) is 0. The summed E-state index contributed by atoms with van der Waals surface area (Å²) in [4.78, 5) is 10.5. The minimum Gasteiger partial charge on any atom is -0.486 e. The summed E-state index contributed by atoms with van der Waals surface area (Å²) < 4.78 is 12.2. The van der Waals surface area contributed by atoms with E-state index >= 15 is 0 Å². The van der Waals surface area contributed by atoms with Gasteiger partial charge in [-0.05, 0) is 40.4 Å². The second-order valence-corrected chi connectivity index (χ2v) is 4.76. The van der Waals surface area contributed by atoms with E-state index in [1.54, 1.807) is 0 Å². The van der Waals surface area contributed by atoms with Gasteiger partial charge in [-0.2, -0.15) is 0 Å². The van der Waals surface area contributed by atoms with E-state index in [1.807, 2.05) is 6.07 Å². The standard InChI is InChI=1S/C13H15BrO3/c1-2-10-9(4-3-5-15)8-11(14)13-12(10)16-6-7-17-13/h5,8H,2-4,6-7H2,1H3. The van der Waals surface area contributed by atoms with Crippen LogP contribution in [0.4, 0.5) is 0 Å². The molecule has 4 heteroatoms. The quantitative estimate of drug-likeness (QED) is 0.802. The number of rotatable bonds is 4. The van der Waals surface area contributed by atoms with Crippen LogP contribution in [0.2, 0.25) is 0 Å². The van der Waals surface area contributed by atoms with Gasteiger partial charge in [0, 0.05) is 12.0 Å². The first kappa shape index (κ1) is 12.4. The zero-order valence-electron chi connectivity index (χ0n) is 9.79. The number of hydrogen-bond donors (Lipinski definition) is 0. The van der Waals surface area contributed by atoms with Gasteiger partial charge in [0.05, 0.1) is 4.47 Å².